The molecule has 0 saturated heterocycles. The summed E-state index contributed by atoms with van der Waals surface area (Å²) in [4.78, 5) is 0. The molecule has 17 heavy (non-hydrogen) atoms. The van der Waals surface area contributed by atoms with E-state index >= 15 is 0 Å². The van der Waals surface area contributed by atoms with Crippen LogP contribution < -0.4 is 10.5 Å². The third kappa shape index (κ3) is 2.17. The van der Waals surface area contributed by atoms with E-state index in [9.17, 15) is 0 Å². The van der Waals surface area contributed by atoms with Crippen LogP contribution in [0.1, 0.15) is 30.9 Å². The Balaban J connectivity index is 2.34. The lowest BCUT2D eigenvalue weighted by Gasteiger charge is -2.21. The molecule has 1 aromatic rings. The van der Waals surface area contributed by atoms with Gasteiger partial charge in [0.15, 0.2) is 0 Å². The SMILES string of the molecule is COCc1cc(C2(C(C)N)CC2)ccc1OC. The van der Waals surface area contributed by atoms with Gasteiger partial charge in [-0.2, -0.15) is 0 Å². The van der Waals surface area contributed by atoms with E-state index in [4.69, 9.17) is 15.2 Å². The van der Waals surface area contributed by atoms with Gasteiger partial charge in [-0.05, 0) is 37.5 Å². The van der Waals surface area contributed by atoms with Crippen LogP contribution in [0.3, 0.4) is 0 Å². The van der Waals surface area contributed by atoms with E-state index in [1.807, 2.05) is 6.07 Å². The first-order valence-electron chi connectivity index (χ1n) is 6.06. The minimum Gasteiger partial charge on any atom is -0.496 e. The molecule has 2 rings (SSSR count). The summed E-state index contributed by atoms with van der Waals surface area (Å²) >= 11 is 0. The van der Waals surface area contributed by atoms with Crippen LogP contribution in [0.25, 0.3) is 0 Å². The fourth-order valence-corrected chi connectivity index (χ4v) is 2.50. The summed E-state index contributed by atoms with van der Waals surface area (Å²) < 4.78 is 10.5. The first-order chi connectivity index (χ1) is 8.14. The van der Waals surface area contributed by atoms with Gasteiger partial charge in [0.05, 0.1) is 13.7 Å². The Morgan fingerprint density at radius 2 is 2.06 bits per heavy atom. The van der Waals surface area contributed by atoms with Crippen LogP contribution in [0, 0.1) is 0 Å². The number of ether oxygens (including phenoxy) is 2. The summed E-state index contributed by atoms with van der Waals surface area (Å²) in [6, 6.07) is 6.53. The Hall–Kier alpha value is -1.06. The molecule has 1 unspecified atom stereocenters. The van der Waals surface area contributed by atoms with Gasteiger partial charge in [-0.3, -0.25) is 0 Å². The largest absolute Gasteiger partial charge is 0.496 e. The Morgan fingerprint density at radius 3 is 2.53 bits per heavy atom. The molecule has 0 aliphatic heterocycles. The molecule has 0 amide bonds. The van der Waals surface area contributed by atoms with E-state index in [2.05, 4.69) is 19.1 Å². The van der Waals surface area contributed by atoms with Gasteiger partial charge < -0.3 is 15.2 Å². The number of hydrogen-bond donors (Lipinski definition) is 1. The minimum atomic E-state index is 0.189. The Labute approximate surface area is 103 Å². The van der Waals surface area contributed by atoms with Crippen molar-refractivity contribution in [2.45, 2.75) is 37.8 Å². The number of benzene rings is 1. The van der Waals surface area contributed by atoms with E-state index < -0.39 is 0 Å². The molecular formula is C14H21NO2. The van der Waals surface area contributed by atoms with E-state index in [0.717, 1.165) is 11.3 Å². The predicted molar refractivity (Wildman–Crippen MR) is 68.3 cm³/mol. The fourth-order valence-electron chi connectivity index (χ4n) is 2.50. The van der Waals surface area contributed by atoms with Crippen molar-refractivity contribution in [3.63, 3.8) is 0 Å². The number of hydrogen-bond acceptors (Lipinski definition) is 3. The second kappa shape index (κ2) is 4.67. The summed E-state index contributed by atoms with van der Waals surface area (Å²) in [5.74, 6) is 0.885. The molecule has 1 aliphatic rings. The van der Waals surface area contributed by atoms with Crippen LogP contribution in [-0.2, 0) is 16.8 Å². The maximum Gasteiger partial charge on any atom is 0.124 e. The Morgan fingerprint density at radius 1 is 1.35 bits per heavy atom. The maximum atomic E-state index is 6.10. The second-order valence-electron chi connectivity index (χ2n) is 4.90. The molecule has 1 atom stereocenters. The molecule has 1 saturated carbocycles. The van der Waals surface area contributed by atoms with Gasteiger partial charge in [-0.1, -0.05) is 6.07 Å². The summed E-state index contributed by atoms with van der Waals surface area (Å²) in [7, 11) is 3.39. The monoisotopic (exact) mass is 235 g/mol. The summed E-state index contributed by atoms with van der Waals surface area (Å²) in [6.45, 7) is 2.67. The molecule has 0 radical (unpaired) electrons. The number of rotatable bonds is 5. The maximum absolute atomic E-state index is 6.10. The molecule has 0 heterocycles. The van der Waals surface area contributed by atoms with Gasteiger partial charge >= 0.3 is 0 Å². The van der Waals surface area contributed by atoms with Crippen molar-refractivity contribution in [1.29, 1.82) is 0 Å². The topological polar surface area (TPSA) is 44.5 Å². The molecule has 1 fully saturated rings. The molecule has 0 bridgehead atoms. The smallest absolute Gasteiger partial charge is 0.124 e. The molecule has 1 aromatic carbocycles. The first kappa shape index (κ1) is 12.4. The van der Waals surface area contributed by atoms with Crippen LogP contribution in [0.15, 0.2) is 18.2 Å². The molecule has 0 spiro atoms. The van der Waals surface area contributed by atoms with Crippen molar-refractivity contribution < 1.29 is 9.47 Å². The highest BCUT2D eigenvalue weighted by Crippen LogP contribution is 2.50. The third-order valence-electron chi connectivity index (χ3n) is 3.82. The number of methoxy groups -OCH3 is 2. The lowest BCUT2D eigenvalue weighted by atomic mass is 9.88. The van der Waals surface area contributed by atoms with Gasteiger partial charge in [-0.15, -0.1) is 0 Å². The van der Waals surface area contributed by atoms with Crippen molar-refractivity contribution in [2.24, 2.45) is 5.73 Å². The highest BCUT2D eigenvalue weighted by molar-refractivity contribution is 5.43. The van der Waals surface area contributed by atoms with Crippen LogP contribution in [-0.4, -0.2) is 20.3 Å². The average Bonchev–Trinajstić information content (AvgIpc) is 3.10. The minimum absolute atomic E-state index is 0.189. The zero-order valence-corrected chi connectivity index (χ0v) is 10.8. The molecule has 3 heteroatoms. The molecule has 3 nitrogen and oxygen atoms in total. The van der Waals surface area contributed by atoms with Crippen molar-refractivity contribution in [3.05, 3.63) is 29.3 Å². The average molecular weight is 235 g/mol. The van der Waals surface area contributed by atoms with Crippen molar-refractivity contribution >= 4 is 0 Å². The number of nitrogens with two attached hydrogens (primary N) is 1. The van der Waals surface area contributed by atoms with E-state index in [1.54, 1.807) is 14.2 Å². The standard InChI is InChI=1S/C14H21NO2/c1-10(15)14(6-7-14)12-4-5-13(17-3)11(8-12)9-16-2/h4-5,8,10H,6-7,9,15H2,1-3H3. The highest BCUT2D eigenvalue weighted by atomic mass is 16.5. The molecular weight excluding hydrogens is 214 g/mol. The highest BCUT2D eigenvalue weighted by Gasteiger charge is 2.47. The summed E-state index contributed by atoms with van der Waals surface area (Å²) in [5.41, 5.74) is 8.70. The summed E-state index contributed by atoms with van der Waals surface area (Å²) in [5, 5.41) is 0. The quantitative estimate of drug-likeness (QED) is 0.851. The Kier molecular flexibility index (Phi) is 3.40. The summed E-state index contributed by atoms with van der Waals surface area (Å²) in [6.07, 6.45) is 2.37. The fraction of sp³-hybridized carbons (Fsp3) is 0.571. The van der Waals surface area contributed by atoms with Gasteiger partial charge in [0.1, 0.15) is 5.75 Å². The van der Waals surface area contributed by atoms with E-state index in [1.165, 1.54) is 18.4 Å². The lowest BCUT2D eigenvalue weighted by molar-refractivity contribution is 0.181. The first-order valence-corrected chi connectivity index (χ1v) is 6.06. The van der Waals surface area contributed by atoms with Crippen LogP contribution in [0.5, 0.6) is 5.75 Å². The van der Waals surface area contributed by atoms with Crippen molar-refractivity contribution in [2.75, 3.05) is 14.2 Å². The predicted octanol–water partition coefficient (Wildman–Crippen LogP) is 2.22. The Bertz CT molecular complexity index is 397. The van der Waals surface area contributed by atoms with Gasteiger partial charge in [0.2, 0.25) is 0 Å². The van der Waals surface area contributed by atoms with Crippen molar-refractivity contribution in [1.82, 2.24) is 0 Å². The zero-order valence-electron chi connectivity index (χ0n) is 10.8. The van der Waals surface area contributed by atoms with Crippen LogP contribution >= 0.6 is 0 Å². The lowest BCUT2D eigenvalue weighted by Crippen LogP contribution is -2.31. The van der Waals surface area contributed by atoms with Crippen LogP contribution in [0.2, 0.25) is 0 Å². The zero-order chi connectivity index (χ0) is 12.5. The second-order valence-corrected chi connectivity index (χ2v) is 4.90. The third-order valence-corrected chi connectivity index (χ3v) is 3.82. The van der Waals surface area contributed by atoms with Gasteiger partial charge in [-0.25, -0.2) is 0 Å². The van der Waals surface area contributed by atoms with Crippen molar-refractivity contribution in [3.8, 4) is 5.75 Å². The normalized spacial score (nSPS) is 18.8. The molecule has 0 aromatic heterocycles. The van der Waals surface area contributed by atoms with E-state index in [0.29, 0.717) is 6.61 Å². The molecule has 2 N–H and O–H groups in total. The van der Waals surface area contributed by atoms with Gasteiger partial charge in [0, 0.05) is 24.1 Å². The van der Waals surface area contributed by atoms with Gasteiger partial charge in [0.25, 0.3) is 0 Å². The molecule has 1 aliphatic carbocycles. The molecule has 94 valence electrons. The van der Waals surface area contributed by atoms with Crippen LogP contribution in [0.4, 0.5) is 0 Å². The van der Waals surface area contributed by atoms with E-state index in [-0.39, 0.29) is 11.5 Å².